The van der Waals surface area contributed by atoms with Crippen LogP contribution in [0.5, 0.6) is 0 Å². The second kappa shape index (κ2) is 12.4. The molecule has 0 aromatic rings. The predicted octanol–water partition coefficient (Wildman–Crippen LogP) is 2.11. The van der Waals surface area contributed by atoms with Gasteiger partial charge >= 0.3 is 0 Å². The van der Waals surface area contributed by atoms with Crippen molar-refractivity contribution in [3.63, 3.8) is 0 Å². The van der Waals surface area contributed by atoms with E-state index in [2.05, 4.69) is 12.2 Å². The first-order chi connectivity index (χ1) is 6.91. The summed E-state index contributed by atoms with van der Waals surface area (Å²) in [6, 6.07) is 0. The van der Waals surface area contributed by atoms with Crippen molar-refractivity contribution in [3.8, 4) is 0 Å². The summed E-state index contributed by atoms with van der Waals surface area (Å²) in [5.41, 5.74) is 0. The van der Waals surface area contributed by atoms with Gasteiger partial charge in [0.2, 0.25) is 6.41 Å². The highest BCUT2D eigenvalue weighted by molar-refractivity contribution is 5.45. The molecule has 0 unspecified atom stereocenters. The highest BCUT2D eigenvalue weighted by atomic mass is 16.5. The molecule has 0 aliphatic heterocycles. The molecule has 0 heterocycles. The van der Waals surface area contributed by atoms with E-state index in [1.807, 2.05) is 0 Å². The summed E-state index contributed by atoms with van der Waals surface area (Å²) in [5, 5.41) is 2.63. The number of hydrogen-bond donors (Lipinski definition) is 1. The van der Waals surface area contributed by atoms with Crippen molar-refractivity contribution in [2.24, 2.45) is 0 Å². The molecule has 0 radical (unpaired) electrons. The molecule has 14 heavy (non-hydrogen) atoms. The maximum atomic E-state index is 9.90. The van der Waals surface area contributed by atoms with Gasteiger partial charge in [0.15, 0.2) is 0 Å². The average Bonchev–Trinajstić information content (AvgIpc) is 2.21. The molecule has 0 bridgehead atoms. The van der Waals surface area contributed by atoms with Gasteiger partial charge in [0.05, 0.1) is 0 Å². The highest BCUT2D eigenvalue weighted by Crippen LogP contribution is 1.99. The maximum Gasteiger partial charge on any atom is 0.207 e. The van der Waals surface area contributed by atoms with E-state index in [1.54, 1.807) is 0 Å². The van der Waals surface area contributed by atoms with Gasteiger partial charge in [0.25, 0.3) is 0 Å². The van der Waals surface area contributed by atoms with Gasteiger partial charge in [-0.2, -0.15) is 0 Å². The van der Waals surface area contributed by atoms with E-state index in [4.69, 9.17) is 4.74 Å². The van der Waals surface area contributed by atoms with Crippen molar-refractivity contribution in [1.29, 1.82) is 0 Å². The van der Waals surface area contributed by atoms with E-state index >= 15 is 0 Å². The van der Waals surface area contributed by atoms with Crippen LogP contribution in [0.4, 0.5) is 0 Å². The SMILES string of the molecule is CCCCCCOCCCCNC=O. The second-order valence-corrected chi connectivity index (χ2v) is 3.45. The average molecular weight is 201 g/mol. The molecule has 0 aromatic heterocycles. The summed E-state index contributed by atoms with van der Waals surface area (Å²) in [6.45, 7) is 4.69. The molecule has 0 fully saturated rings. The quantitative estimate of drug-likeness (QED) is 0.411. The first-order valence-electron chi connectivity index (χ1n) is 5.66. The van der Waals surface area contributed by atoms with Crippen LogP contribution in [-0.2, 0) is 9.53 Å². The van der Waals surface area contributed by atoms with Gasteiger partial charge < -0.3 is 10.1 Å². The number of hydrogen-bond acceptors (Lipinski definition) is 2. The summed E-state index contributed by atoms with van der Waals surface area (Å²) in [7, 11) is 0. The van der Waals surface area contributed by atoms with Crippen LogP contribution in [0.25, 0.3) is 0 Å². The van der Waals surface area contributed by atoms with E-state index in [0.29, 0.717) is 0 Å². The first kappa shape index (κ1) is 13.4. The number of unbranched alkanes of at least 4 members (excludes halogenated alkanes) is 4. The van der Waals surface area contributed by atoms with Crippen LogP contribution < -0.4 is 5.32 Å². The van der Waals surface area contributed by atoms with Crippen molar-refractivity contribution in [1.82, 2.24) is 5.32 Å². The molecule has 1 N–H and O–H groups in total. The Hall–Kier alpha value is -0.570. The minimum Gasteiger partial charge on any atom is -0.381 e. The lowest BCUT2D eigenvalue weighted by Gasteiger charge is -2.03. The summed E-state index contributed by atoms with van der Waals surface area (Å²) in [6.07, 6.45) is 7.83. The highest BCUT2D eigenvalue weighted by Gasteiger charge is 1.90. The Morgan fingerprint density at radius 2 is 1.79 bits per heavy atom. The van der Waals surface area contributed by atoms with Crippen molar-refractivity contribution >= 4 is 6.41 Å². The molecule has 0 rings (SSSR count). The maximum absolute atomic E-state index is 9.90. The lowest BCUT2D eigenvalue weighted by molar-refractivity contribution is -0.109. The van der Waals surface area contributed by atoms with Crippen molar-refractivity contribution in [3.05, 3.63) is 0 Å². The van der Waals surface area contributed by atoms with Gasteiger partial charge in [0, 0.05) is 19.8 Å². The minimum absolute atomic E-state index is 0.742. The number of amides is 1. The molecule has 3 nitrogen and oxygen atoms in total. The monoisotopic (exact) mass is 201 g/mol. The third-order valence-electron chi connectivity index (χ3n) is 2.09. The smallest absolute Gasteiger partial charge is 0.207 e. The van der Waals surface area contributed by atoms with E-state index in [1.165, 1.54) is 25.7 Å². The number of rotatable bonds is 11. The first-order valence-corrected chi connectivity index (χ1v) is 5.66. The zero-order valence-corrected chi connectivity index (χ0v) is 9.26. The van der Waals surface area contributed by atoms with Crippen LogP contribution in [-0.4, -0.2) is 26.2 Å². The van der Waals surface area contributed by atoms with Crippen molar-refractivity contribution in [2.45, 2.75) is 45.4 Å². The van der Waals surface area contributed by atoms with Crippen molar-refractivity contribution < 1.29 is 9.53 Å². The Labute approximate surface area is 87.2 Å². The zero-order valence-electron chi connectivity index (χ0n) is 9.26. The standard InChI is InChI=1S/C11H23NO2/c1-2-3-4-6-9-14-10-7-5-8-12-11-13/h11H,2-10H2,1H3,(H,12,13). The van der Waals surface area contributed by atoms with Gasteiger partial charge in [-0.05, 0) is 19.3 Å². The lowest BCUT2D eigenvalue weighted by Crippen LogP contribution is -2.12. The Kier molecular flexibility index (Phi) is 11.9. The van der Waals surface area contributed by atoms with Gasteiger partial charge in [0.1, 0.15) is 0 Å². The van der Waals surface area contributed by atoms with Crippen LogP contribution in [0.1, 0.15) is 45.4 Å². The van der Waals surface area contributed by atoms with Crippen LogP contribution in [0.3, 0.4) is 0 Å². The normalized spacial score (nSPS) is 10.1. The minimum atomic E-state index is 0.742. The number of nitrogens with one attached hydrogen (secondary N) is 1. The molecule has 0 saturated heterocycles. The molecule has 0 spiro atoms. The van der Waals surface area contributed by atoms with Crippen LogP contribution >= 0.6 is 0 Å². The summed E-state index contributed by atoms with van der Waals surface area (Å²) in [4.78, 5) is 9.90. The molecule has 0 atom stereocenters. The molecule has 84 valence electrons. The largest absolute Gasteiger partial charge is 0.381 e. The number of ether oxygens (including phenoxy) is 1. The van der Waals surface area contributed by atoms with Gasteiger partial charge in [-0.3, -0.25) is 4.79 Å². The summed E-state index contributed by atoms with van der Waals surface area (Å²) < 4.78 is 5.44. The van der Waals surface area contributed by atoms with Crippen LogP contribution in [0, 0.1) is 0 Å². The number of carbonyl (C=O) groups is 1. The Morgan fingerprint density at radius 1 is 1.07 bits per heavy atom. The number of carbonyl (C=O) groups excluding carboxylic acids is 1. The molecule has 1 amide bonds. The Balaban J connectivity index is 2.81. The topological polar surface area (TPSA) is 38.3 Å². The fourth-order valence-corrected chi connectivity index (χ4v) is 1.22. The molecule has 0 aromatic carbocycles. The van der Waals surface area contributed by atoms with Gasteiger partial charge in [-0.15, -0.1) is 0 Å². The van der Waals surface area contributed by atoms with Gasteiger partial charge in [-0.1, -0.05) is 26.2 Å². The molecular formula is C11H23NO2. The van der Waals surface area contributed by atoms with E-state index in [9.17, 15) is 4.79 Å². The van der Waals surface area contributed by atoms with Crippen molar-refractivity contribution in [2.75, 3.05) is 19.8 Å². The van der Waals surface area contributed by atoms with Crippen LogP contribution in [0.15, 0.2) is 0 Å². The molecule has 0 aliphatic carbocycles. The Bertz CT molecular complexity index is 118. The van der Waals surface area contributed by atoms with Gasteiger partial charge in [-0.25, -0.2) is 0 Å². The molecule has 0 saturated carbocycles. The Morgan fingerprint density at radius 3 is 2.43 bits per heavy atom. The fourth-order valence-electron chi connectivity index (χ4n) is 1.22. The molecule has 0 aliphatic rings. The second-order valence-electron chi connectivity index (χ2n) is 3.45. The third kappa shape index (κ3) is 11.4. The third-order valence-corrected chi connectivity index (χ3v) is 2.09. The molecular weight excluding hydrogens is 178 g/mol. The lowest BCUT2D eigenvalue weighted by atomic mass is 10.2. The van der Waals surface area contributed by atoms with E-state index in [-0.39, 0.29) is 0 Å². The van der Waals surface area contributed by atoms with E-state index < -0.39 is 0 Å². The zero-order chi connectivity index (χ0) is 10.5. The fraction of sp³-hybridized carbons (Fsp3) is 0.909. The summed E-state index contributed by atoms with van der Waals surface area (Å²) in [5.74, 6) is 0. The summed E-state index contributed by atoms with van der Waals surface area (Å²) >= 11 is 0. The predicted molar refractivity (Wildman–Crippen MR) is 58.3 cm³/mol. The van der Waals surface area contributed by atoms with E-state index in [0.717, 1.165) is 39.0 Å². The van der Waals surface area contributed by atoms with Crippen LogP contribution in [0.2, 0.25) is 0 Å². The molecule has 3 heteroatoms.